The summed E-state index contributed by atoms with van der Waals surface area (Å²) in [5.74, 6) is 0.703. The summed E-state index contributed by atoms with van der Waals surface area (Å²) in [4.78, 5) is 19.4. The Bertz CT molecular complexity index is 632. The van der Waals surface area contributed by atoms with E-state index in [1.807, 2.05) is 18.2 Å². The summed E-state index contributed by atoms with van der Waals surface area (Å²) in [7, 11) is 0. The number of benzene rings is 1. The average Bonchev–Trinajstić information content (AvgIpc) is 2.48. The van der Waals surface area contributed by atoms with Crippen molar-refractivity contribution in [1.82, 2.24) is 15.3 Å². The zero-order valence-electron chi connectivity index (χ0n) is 12.9. The molecule has 0 radical (unpaired) electrons. The fourth-order valence-corrected chi connectivity index (χ4v) is 2.28. The van der Waals surface area contributed by atoms with Crippen LogP contribution in [-0.4, -0.2) is 16.5 Å². The molecule has 112 valence electrons. The number of H-pyrrole nitrogens is 1. The molecule has 0 aliphatic heterocycles. The number of nitrogens with zero attached hydrogens (tertiary/aromatic N) is 1. The van der Waals surface area contributed by atoms with Crippen LogP contribution < -0.4 is 10.9 Å². The predicted octanol–water partition coefficient (Wildman–Crippen LogP) is 2.60. The number of nitrogens with one attached hydrogen (secondary N) is 2. The van der Waals surface area contributed by atoms with Gasteiger partial charge in [0.15, 0.2) is 0 Å². The van der Waals surface area contributed by atoms with Gasteiger partial charge in [-0.2, -0.15) is 0 Å². The van der Waals surface area contributed by atoms with Crippen molar-refractivity contribution in [3.8, 4) is 0 Å². The smallest absolute Gasteiger partial charge is 0.251 e. The van der Waals surface area contributed by atoms with Crippen molar-refractivity contribution in [3.63, 3.8) is 0 Å². The van der Waals surface area contributed by atoms with Gasteiger partial charge in [0, 0.05) is 18.0 Å². The fraction of sp³-hybridized carbons (Fsp3) is 0.412. The minimum atomic E-state index is -0.332. The number of rotatable bonds is 6. The standard InChI is InChI=1S/C17H23N3O/c1-4-10-18-12-14-11-15(21)20-16(19-14)17(2,3)13-8-6-5-7-9-13/h5-9,11,18H,4,10,12H2,1-3H3,(H,19,20,21). The quantitative estimate of drug-likeness (QED) is 0.802. The third kappa shape index (κ3) is 3.79. The molecule has 0 amide bonds. The van der Waals surface area contributed by atoms with Crippen LogP contribution in [0.15, 0.2) is 41.2 Å². The molecule has 4 nitrogen and oxygen atoms in total. The van der Waals surface area contributed by atoms with Crippen LogP contribution in [0.5, 0.6) is 0 Å². The first kappa shape index (κ1) is 15.4. The molecule has 0 aliphatic carbocycles. The van der Waals surface area contributed by atoms with Crippen molar-refractivity contribution in [2.75, 3.05) is 6.54 Å². The molecule has 1 aromatic heterocycles. The lowest BCUT2D eigenvalue weighted by molar-refractivity contribution is 0.574. The molecule has 4 heteroatoms. The highest BCUT2D eigenvalue weighted by Gasteiger charge is 2.26. The van der Waals surface area contributed by atoms with Gasteiger partial charge in [-0.15, -0.1) is 0 Å². The Balaban J connectivity index is 2.32. The first-order valence-electron chi connectivity index (χ1n) is 7.41. The van der Waals surface area contributed by atoms with E-state index in [2.05, 4.69) is 48.2 Å². The number of hydrogen-bond acceptors (Lipinski definition) is 3. The molecule has 0 unspecified atom stereocenters. The molecule has 0 spiro atoms. The Hall–Kier alpha value is -1.94. The number of hydrogen-bond donors (Lipinski definition) is 2. The third-order valence-corrected chi connectivity index (χ3v) is 3.62. The molecule has 21 heavy (non-hydrogen) atoms. The van der Waals surface area contributed by atoms with E-state index in [-0.39, 0.29) is 11.0 Å². The van der Waals surface area contributed by atoms with E-state index in [0.717, 1.165) is 24.2 Å². The van der Waals surface area contributed by atoms with Gasteiger partial charge in [-0.25, -0.2) is 4.98 Å². The highest BCUT2D eigenvalue weighted by molar-refractivity contribution is 5.30. The first-order valence-corrected chi connectivity index (χ1v) is 7.41. The molecule has 2 rings (SSSR count). The molecule has 0 saturated carbocycles. The van der Waals surface area contributed by atoms with E-state index in [1.165, 1.54) is 0 Å². The Morgan fingerprint density at radius 2 is 1.95 bits per heavy atom. The first-order chi connectivity index (χ1) is 10.0. The van der Waals surface area contributed by atoms with E-state index < -0.39 is 0 Å². The van der Waals surface area contributed by atoms with Crippen LogP contribution in [-0.2, 0) is 12.0 Å². The summed E-state index contributed by atoms with van der Waals surface area (Å²) >= 11 is 0. The molecular formula is C17H23N3O. The lowest BCUT2D eigenvalue weighted by atomic mass is 9.84. The normalized spacial score (nSPS) is 11.6. The lowest BCUT2D eigenvalue weighted by Crippen LogP contribution is -2.28. The Morgan fingerprint density at radius 3 is 2.62 bits per heavy atom. The molecule has 0 saturated heterocycles. The summed E-state index contributed by atoms with van der Waals surface area (Å²) in [6.45, 7) is 7.80. The zero-order valence-corrected chi connectivity index (χ0v) is 12.9. The maximum absolute atomic E-state index is 11.9. The third-order valence-electron chi connectivity index (χ3n) is 3.62. The van der Waals surface area contributed by atoms with Gasteiger partial charge in [-0.1, -0.05) is 37.3 Å². The highest BCUT2D eigenvalue weighted by Crippen LogP contribution is 2.27. The average molecular weight is 285 g/mol. The van der Waals surface area contributed by atoms with E-state index in [1.54, 1.807) is 6.07 Å². The van der Waals surface area contributed by atoms with Gasteiger partial charge < -0.3 is 10.3 Å². The van der Waals surface area contributed by atoms with Crippen LogP contribution >= 0.6 is 0 Å². The van der Waals surface area contributed by atoms with Crippen molar-refractivity contribution >= 4 is 0 Å². The van der Waals surface area contributed by atoms with Crippen LogP contribution in [0.25, 0.3) is 0 Å². The molecule has 0 fully saturated rings. The molecule has 0 aliphatic rings. The SMILES string of the molecule is CCCNCc1cc(=O)[nH]c(C(C)(C)c2ccccc2)n1. The second-order valence-corrected chi connectivity index (χ2v) is 5.75. The molecule has 0 bridgehead atoms. The van der Waals surface area contributed by atoms with Crippen molar-refractivity contribution in [2.24, 2.45) is 0 Å². The van der Waals surface area contributed by atoms with Crippen LogP contribution in [0.4, 0.5) is 0 Å². The van der Waals surface area contributed by atoms with Crippen LogP contribution in [0, 0.1) is 0 Å². The molecule has 2 aromatic rings. The highest BCUT2D eigenvalue weighted by atomic mass is 16.1. The van der Waals surface area contributed by atoms with Crippen molar-refractivity contribution in [2.45, 2.75) is 39.2 Å². The predicted molar refractivity (Wildman–Crippen MR) is 85.4 cm³/mol. The van der Waals surface area contributed by atoms with Gasteiger partial charge in [-0.05, 0) is 32.4 Å². The van der Waals surface area contributed by atoms with E-state index in [4.69, 9.17) is 0 Å². The molecular weight excluding hydrogens is 262 g/mol. The zero-order chi connectivity index (χ0) is 15.3. The maximum Gasteiger partial charge on any atom is 0.251 e. The number of aromatic amines is 1. The van der Waals surface area contributed by atoms with Gasteiger partial charge in [0.05, 0.1) is 5.69 Å². The summed E-state index contributed by atoms with van der Waals surface area (Å²) in [5, 5.41) is 3.28. The van der Waals surface area contributed by atoms with Gasteiger partial charge in [0.2, 0.25) is 0 Å². The Morgan fingerprint density at radius 1 is 1.24 bits per heavy atom. The summed E-state index contributed by atoms with van der Waals surface area (Å²) in [6.07, 6.45) is 1.06. The van der Waals surface area contributed by atoms with E-state index in [9.17, 15) is 4.79 Å². The molecule has 1 heterocycles. The maximum atomic E-state index is 11.9. The topological polar surface area (TPSA) is 57.8 Å². The minimum absolute atomic E-state index is 0.0997. The van der Waals surface area contributed by atoms with Crippen LogP contribution in [0.2, 0.25) is 0 Å². The molecule has 1 aromatic carbocycles. The summed E-state index contributed by atoms with van der Waals surface area (Å²) < 4.78 is 0. The largest absolute Gasteiger partial charge is 0.311 e. The Kier molecular flexibility index (Phi) is 4.91. The second-order valence-electron chi connectivity index (χ2n) is 5.75. The molecule has 0 atom stereocenters. The number of aromatic nitrogens is 2. The summed E-state index contributed by atoms with van der Waals surface area (Å²) in [5.41, 5.74) is 1.48. The van der Waals surface area contributed by atoms with Crippen LogP contribution in [0.3, 0.4) is 0 Å². The van der Waals surface area contributed by atoms with Gasteiger partial charge in [-0.3, -0.25) is 4.79 Å². The van der Waals surface area contributed by atoms with Crippen LogP contribution in [0.1, 0.15) is 44.3 Å². The lowest BCUT2D eigenvalue weighted by Gasteiger charge is -2.24. The van der Waals surface area contributed by atoms with E-state index in [0.29, 0.717) is 12.4 Å². The van der Waals surface area contributed by atoms with Crippen molar-refractivity contribution in [3.05, 3.63) is 63.8 Å². The fourth-order valence-electron chi connectivity index (χ4n) is 2.28. The Labute approximate surface area is 125 Å². The monoisotopic (exact) mass is 285 g/mol. The van der Waals surface area contributed by atoms with E-state index >= 15 is 0 Å². The van der Waals surface area contributed by atoms with Gasteiger partial charge in [0.25, 0.3) is 5.56 Å². The summed E-state index contributed by atoms with van der Waals surface area (Å²) in [6, 6.07) is 11.7. The van der Waals surface area contributed by atoms with Gasteiger partial charge in [0.1, 0.15) is 5.82 Å². The van der Waals surface area contributed by atoms with Gasteiger partial charge >= 0.3 is 0 Å². The van der Waals surface area contributed by atoms with Crippen molar-refractivity contribution in [1.29, 1.82) is 0 Å². The molecule has 2 N–H and O–H groups in total. The minimum Gasteiger partial charge on any atom is -0.311 e. The second kappa shape index (κ2) is 6.68. The van der Waals surface area contributed by atoms with Crippen molar-refractivity contribution < 1.29 is 0 Å².